The fourth-order valence-electron chi connectivity index (χ4n) is 2.34. The van der Waals surface area contributed by atoms with E-state index < -0.39 is 21.7 Å². The van der Waals surface area contributed by atoms with E-state index in [0.29, 0.717) is 5.69 Å². The lowest BCUT2D eigenvalue weighted by Gasteiger charge is -2.07. The van der Waals surface area contributed by atoms with Gasteiger partial charge >= 0.3 is 0 Å². The molecule has 0 aliphatic rings. The minimum absolute atomic E-state index is 0.0481. The van der Waals surface area contributed by atoms with Gasteiger partial charge in [-0.1, -0.05) is 29.8 Å². The van der Waals surface area contributed by atoms with Gasteiger partial charge in [-0.25, -0.2) is 22.2 Å². The monoisotopic (exact) mass is 393 g/mol. The average molecular weight is 394 g/mol. The summed E-state index contributed by atoms with van der Waals surface area (Å²) in [7, 11) is -4.05. The van der Waals surface area contributed by atoms with Crippen molar-refractivity contribution in [1.82, 2.24) is 14.5 Å². The molecule has 1 amide bonds. The molecule has 0 atom stereocenters. The summed E-state index contributed by atoms with van der Waals surface area (Å²) in [6.45, 7) is 1.52. The number of nitrogens with zero attached hydrogens (tertiary/aromatic N) is 2. The molecule has 3 rings (SSSR count). The molecule has 6 nitrogen and oxygen atoms in total. The Morgan fingerprint density at radius 2 is 1.73 bits per heavy atom. The minimum atomic E-state index is -4.05. The molecular weight excluding hydrogens is 381 g/mol. The largest absolute Gasteiger partial charge is 0.270 e. The lowest BCUT2D eigenvalue weighted by Crippen LogP contribution is -2.31. The van der Waals surface area contributed by atoms with Gasteiger partial charge in [0, 0.05) is 0 Å². The summed E-state index contributed by atoms with van der Waals surface area (Å²) >= 11 is 6.22. The SMILES string of the molecule is Cc1nn(-c2ccc(F)cc2)c(Cl)c1C(=O)NS(=O)(=O)c1ccccc1. The number of hydrogen-bond donors (Lipinski definition) is 1. The van der Waals surface area contributed by atoms with Crippen molar-refractivity contribution in [2.75, 3.05) is 0 Å². The van der Waals surface area contributed by atoms with Crippen LogP contribution in [0, 0.1) is 12.7 Å². The van der Waals surface area contributed by atoms with Crippen LogP contribution in [0.25, 0.3) is 5.69 Å². The van der Waals surface area contributed by atoms with Crippen LogP contribution in [0.4, 0.5) is 4.39 Å². The van der Waals surface area contributed by atoms with Crippen molar-refractivity contribution in [3.8, 4) is 5.69 Å². The average Bonchev–Trinajstić information content (AvgIpc) is 2.90. The van der Waals surface area contributed by atoms with E-state index in [0.717, 1.165) is 0 Å². The fourth-order valence-corrected chi connectivity index (χ4v) is 3.68. The smallest absolute Gasteiger partial charge is 0.268 e. The molecule has 0 aliphatic heterocycles. The summed E-state index contributed by atoms with van der Waals surface area (Å²) in [6, 6.07) is 12.8. The Morgan fingerprint density at radius 3 is 2.35 bits per heavy atom. The van der Waals surface area contributed by atoms with Gasteiger partial charge in [0.2, 0.25) is 0 Å². The number of carbonyl (C=O) groups excluding carboxylic acids is 1. The lowest BCUT2D eigenvalue weighted by atomic mass is 10.2. The molecular formula is C17H13ClFN3O3S. The first-order chi connectivity index (χ1) is 12.3. The Kier molecular flexibility index (Phi) is 4.80. The summed E-state index contributed by atoms with van der Waals surface area (Å²) in [6.07, 6.45) is 0. The molecule has 3 aromatic rings. The highest BCUT2D eigenvalue weighted by molar-refractivity contribution is 7.90. The van der Waals surface area contributed by atoms with E-state index in [4.69, 9.17) is 11.6 Å². The molecule has 1 heterocycles. The third kappa shape index (κ3) is 3.47. The Hall–Kier alpha value is -2.71. The molecule has 0 fully saturated rings. The van der Waals surface area contributed by atoms with Crippen LogP contribution < -0.4 is 4.72 Å². The van der Waals surface area contributed by atoms with Crippen LogP contribution in [0.15, 0.2) is 59.5 Å². The molecule has 134 valence electrons. The fraction of sp³-hybridized carbons (Fsp3) is 0.0588. The summed E-state index contributed by atoms with van der Waals surface area (Å²) < 4.78 is 40.9. The van der Waals surface area contributed by atoms with E-state index >= 15 is 0 Å². The van der Waals surface area contributed by atoms with Crippen LogP contribution >= 0.6 is 11.6 Å². The summed E-state index contributed by atoms with van der Waals surface area (Å²) in [5, 5.41) is 4.07. The Labute approximate surface area is 154 Å². The quantitative estimate of drug-likeness (QED) is 0.738. The van der Waals surface area contributed by atoms with E-state index in [1.807, 2.05) is 4.72 Å². The topological polar surface area (TPSA) is 81.1 Å². The molecule has 0 aliphatic carbocycles. The van der Waals surface area contributed by atoms with Crippen LogP contribution in [0.1, 0.15) is 16.1 Å². The number of aryl methyl sites for hydroxylation is 1. The molecule has 9 heteroatoms. The van der Waals surface area contributed by atoms with Gasteiger partial charge in [-0.15, -0.1) is 0 Å². The van der Waals surface area contributed by atoms with Gasteiger partial charge < -0.3 is 0 Å². The molecule has 1 aromatic heterocycles. The van der Waals surface area contributed by atoms with E-state index in [9.17, 15) is 17.6 Å². The molecule has 0 bridgehead atoms. The first kappa shape index (κ1) is 18.1. The second-order valence-corrected chi connectivity index (χ2v) is 7.43. The van der Waals surface area contributed by atoms with Crippen molar-refractivity contribution < 1.29 is 17.6 Å². The molecule has 0 radical (unpaired) electrons. The van der Waals surface area contributed by atoms with E-state index in [2.05, 4.69) is 5.10 Å². The summed E-state index contributed by atoms with van der Waals surface area (Å²) in [5.41, 5.74) is 0.597. The molecule has 0 spiro atoms. The predicted octanol–water partition coefficient (Wildman–Crippen LogP) is 3.09. The number of rotatable bonds is 4. The minimum Gasteiger partial charge on any atom is -0.268 e. The third-order valence-electron chi connectivity index (χ3n) is 3.58. The molecule has 0 unspecified atom stereocenters. The Morgan fingerprint density at radius 1 is 1.12 bits per heavy atom. The number of amides is 1. The van der Waals surface area contributed by atoms with Gasteiger partial charge in [0.05, 0.1) is 16.3 Å². The first-order valence-corrected chi connectivity index (χ1v) is 9.29. The number of carbonyl (C=O) groups is 1. The lowest BCUT2D eigenvalue weighted by molar-refractivity contribution is 0.0981. The number of sulfonamides is 1. The van der Waals surface area contributed by atoms with Crippen molar-refractivity contribution in [3.63, 3.8) is 0 Å². The number of aromatic nitrogens is 2. The first-order valence-electron chi connectivity index (χ1n) is 7.43. The van der Waals surface area contributed by atoms with Crippen LogP contribution in [0.2, 0.25) is 5.15 Å². The van der Waals surface area contributed by atoms with Crippen LogP contribution in [0.5, 0.6) is 0 Å². The van der Waals surface area contributed by atoms with E-state index in [1.54, 1.807) is 18.2 Å². The summed E-state index contributed by atoms with van der Waals surface area (Å²) in [4.78, 5) is 12.4. The van der Waals surface area contributed by atoms with Crippen molar-refractivity contribution in [1.29, 1.82) is 0 Å². The zero-order valence-corrected chi connectivity index (χ0v) is 15.1. The van der Waals surface area contributed by atoms with Gasteiger partial charge in [-0.05, 0) is 43.3 Å². The molecule has 1 N–H and O–H groups in total. The number of benzene rings is 2. The van der Waals surface area contributed by atoms with Crippen molar-refractivity contribution in [3.05, 3.63) is 76.8 Å². The van der Waals surface area contributed by atoms with Gasteiger partial charge in [0.15, 0.2) is 0 Å². The number of nitrogens with one attached hydrogen (secondary N) is 1. The van der Waals surface area contributed by atoms with Gasteiger partial charge in [-0.2, -0.15) is 5.10 Å². The van der Waals surface area contributed by atoms with Gasteiger partial charge in [0.1, 0.15) is 16.5 Å². The highest BCUT2D eigenvalue weighted by Gasteiger charge is 2.25. The van der Waals surface area contributed by atoms with Crippen molar-refractivity contribution >= 4 is 27.5 Å². The second-order valence-electron chi connectivity index (χ2n) is 5.39. The standard InChI is InChI=1S/C17H13ClFN3O3S/c1-11-15(16(18)22(20-11)13-9-7-12(19)8-10-13)17(23)21-26(24,25)14-5-3-2-4-6-14/h2-10H,1H3,(H,21,23). The third-order valence-corrected chi connectivity index (χ3v) is 5.28. The normalized spacial score (nSPS) is 11.3. The number of hydrogen-bond acceptors (Lipinski definition) is 4. The number of halogens is 2. The van der Waals surface area contributed by atoms with Gasteiger partial charge in [0.25, 0.3) is 15.9 Å². The highest BCUT2D eigenvalue weighted by Crippen LogP contribution is 2.24. The zero-order chi connectivity index (χ0) is 18.9. The maximum Gasteiger partial charge on any atom is 0.270 e. The molecule has 0 saturated heterocycles. The van der Waals surface area contributed by atoms with Crippen molar-refractivity contribution in [2.45, 2.75) is 11.8 Å². The highest BCUT2D eigenvalue weighted by atomic mass is 35.5. The van der Waals surface area contributed by atoms with Crippen molar-refractivity contribution in [2.24, 2.45) is 0 Å². The Balaban J connectivity index is 1.95. The summed E-state index contributed by atoms with van der Waals surface area (Å²) in [5.74, 6) is -1.33. The van der Waals surface area contributed by atoms with Crippen LogP contribution in [-0.2, 0) is 10.0 Å². The Bertz CT molecular complexity index is 1060. The molecule has 0 saturated carbocycles. The predicted molar refractivity (Wildman–Crippen MR) is 94.4 cm³/mol. The van der Waals surface area contributed by atoms with E-state index in [1.165, 1.54) is 48.0 Å². The molecule has 26 heavy (non-hydrogen) atoms. The second kappa shape index (κ2) is 6.89. The maximum atomic E-state index is 13.1. The maximum absolute atomic E-state index is 13.1. The van der Waals surface area contributed by atoms with E-state index in [-0.39, 0.29) is 21.3 Å². The van der Waals surface area contributed by atoms with Crippen LogP contribution in [-0.4, -0.2) is 24.1 Å². The van der Waals surface area contributed by atoms with Gasteiger partial charge in [-0.3, -0.25) is 4.79 Å². The molecule has 2 aromatic carbocycles. The zero-order valence-electron chi connectivity index (χ0n) is 13.5. The van der Waals surface area contributed by atoms with Crippen LogP contribution in [0.3, 0.4) is 0 Å².